The number of carbonyl (C=O) groups is 1. The van der Waals surface area contributed by atoms with Crippen LogP contribution in [0.25, 0.3) is 0 Å². The van der Waals surface area contributed by atoms with Crippen LogP contribution in [0.4, 0.5) is 11.4 Å². The Kier molecular flexibility index (Phi) is 3.62. The fourth-order valence-electron chi connectivity index (χ4n) is 1.65. The lowest BCUT2D eigenvalue weighted by Crippen LogP contribution is -2.12. The summed E-state index contributed by atoms with van der Waals surface area (Å²) in [7, 11) is 0. The van der Waals surface area contributed by atoms with Crippen molar-refractivity contribution in [2.75, 3.05) is 11.1 Å². The minimum atomic E-state index is -0.274. The molecule has 4 N–H and O–H groups in total. The first-order valence-electron chi connectivity index (χ1n) is 5.63. The fraction of sp³-hybridized carbons (Fsp3) is 0.0714. The van der Waals surface area contributed by atoms with Gasteiger partial charge in [0.1, 0.15) is 5.75 Å². The first-order valence-corrected chi connectivity index (χ1v) is 6.01. The number of rotatable bonds is 2. The molecule has 0 radical (unpaired) electrons. The van der Waals surface area contributed by atoms with E-state index in [0.717, 1.165) is 5.56 Å². The van der Waals surface area contributed by atoms with Crippen LogP contribution in [0.1, 0.15) is 15.9 Å². The molecule has 0 heterocycles. The van der Waals surface area contributed by atoms with Gasteiger partial charge in [-0.1, -0.05) is 11.6 Å². The van der Waals surface area contributed by atoms with E-state index in [0.29, 0.717) is 22.0 Å². The van der Waals surface area contributed by atoms with Crippen LogP contribution in [0.3, 0.4) is 0 Å². The summed E-state index contributed by atoms with van der Waals surface area (Å²) in [6.07, 6.45) is 0. The zero-order valence-electron chi connectivity index (χ0n) is 10.3. The first kappa shape index (κ1) is 13.2. The van der Waals surface area contributed by atoms with Crippen molar-refractivity contribution < 1.29 is 9.90 Å². The van der Waals surface area contributed by atoms with Crippen molar-refractivity contribution in [3.05, 3.63) is 52.5 Å². The van der Waals surface area contributed by atoms with E-state index in [1.165, 1.54) is 12.1 Å². The number of hydrogen-bond acceptors (Lipinski definition) is 3. The van der Waals surface area contributed by atoms with Gasteiger partial charge in [0.25, 0.3) is 5.91 Å². The molecule has 0 saturated carbocycles. The number of phenolic OH excluding ortho intramolecular Hbond substituents is 1. The predicted octanol–water partition coefficient (Wildman–Crippen LogP) is 3.19. The lowest BCUT2D eigenvalue weighted by atomic mass is 10.1. The highest BCUT2D eigenvalue weighted by atomic mass is 35.5. The fourth-order valence-corrected chi connectivity index (χ4v) is 1.81. The maximum Gasteiger partial charge on any atom is 0.255 e. The van der Waals surface area contributed by atoms with Crippen molar-refractivity contribution >= 4 is 28.9 Å². The number of aromatic hydroxyl groups is 1. The Morgan fingerprint density at radius 3 is 2.53 bits per heavy atom. The molecule has 0 fully saturated rings. The lowest BCUT2D eigenvalue weighted by Gasteiger charge is -2.10. The van der Waals surface area contributed by atoms with Gasteiger partial charge < -0.3 is 16.2 Å². The van der Waals surface area contributed by atoms with Gasteiger partial charge in [-0.15, -0.1) is 0 Å². The normalized spacial score (nSPS) is 10.2. The number of nitrogens with two attached hydrogens (primary N) is 1. The number of nitrogens with one attached hydrogen (secondary N) is 1. The molecular weight excluding hydrogens is 264 g/mol. The van der Waals surface area contributed by atoms with E-state index in [1.807, 2.05) is 6.92 Å². The molecule has 0 spiro atoms. The quantitative estimate of drug-likeness (QED) is 0.737. The van der Waals surface area contributed by atoms with Gasteiger partial charge in [-0.05, 0) is 48.9 Å². The van der Waals surface area contributed by atoms with Gasteiger partial charge in [-0.2, -0.15) is 0 Å². The van der Waals surface area contributed by atoms with Gasteiger partial charge in [0.2, 0.25) is 0 Å². The summed E-state index contributed by atoms with van der Waals surface area (Å²) in [6, 6.07) is 9.31. The summed E-state index contributed by atoms with van der Waals surface area (Å²) in [5, 5.41) is 12.3. The Labute approximate surface area is 115 Å². The van der Waals surface area contributed by atoms with E-state index in [9.17, 15) is 9.90 Å². The molecule has 0 atom stereocenters. The molecule has 0 aromatic heterocycles. The molecular formula is C14H13ClN2O2. The molecule has 2 rings (SSSR count). The van der Waals surface area contributed by atoms with E-state index >= 15 is 0 Å². The summed E-state index contributed by atoms with van der Waals surface area (Å²) in [6.45, 7) is 1.83. The number of nitrogen functional groups attached to an aromatic ring is 1. The molecule has 4 nitrogen and oxygen atoms in total. The molecule has 98 valence electrons. The molecule has 0 aliphatic rings. The number of halogens is 1. The maximum atomic E-state index is 12.0. The minimum Gasteiger partial charge on any atom is -0.508 e. The van der Waals surface area contributed by atoms with Gasteiger partial charge in [-0.25, -0.2) is 0 Å². The van der Waals surface area contributed by atoms with Crippen LogP contribution in [0, 0.1) is 6.92 Å². The highest BCUT2D eigenvalue weighted by Gasteiger charge is 2.09. The third-order valence-electron chi connectivity index (χ3n) is 2.72. The number of benzene rings is 2. The van der Waals surface area contributed by atoms with Gasteiger partial charge in [0.15, 0.2) is 0 Å². The van der Waals surface area contributed by atoms with Crippen molar-refractivity contribution in [3.63, 3.8) is 0 Å². The number of amides is 1. The topological polar surface area (TPSA) is 75.3 Å². The molecule has 0 aliphatic carbocycles. The minimum absolute atomic E-state index is 0.114. The highest BCUT2D eigenvalue weighted by molar-refractivity contribution is 6.33. The average molecular weight is 277 g/mol. The predicted molar refractivity (Wildman–Crippen MR) is 76.7 cm³/mol. The molecule has 1 amide bonds. The van der Waals surface area contributed by atoms with E-state index < -0.39 is 0 Å². The number of aryl methyl sites for hydroxylation is 1. The smallest absolute Gasteiger partial charge is 0.255 e. The van der Waals surface area contributed by atoms with Crippen LogP contribution >= 0.6 is 11.6 Å². The van der Waals surface area contributed by atoms with Crippen LogP contribution in [-0.2, 0) is 0 Å². The zero-order chi connectivity index (χ0) is 14.0. The first-order chi connectivity index (χ1) is 8.97. The average Bonchev–Trinajstić information content (AvgIpc) is 2.36. The summed E-state index contributed by atoms with van der Waals surface area (Å²) in [5.74, 6) is -0.160. The summed E-state index contributed by atoms with van der Waals surface area (Å²) >= 11 is 5.93. The summed E-state index contributed by atoms with van der Waals surface area (Å²) in [4.78, 5) is 12.0. The molecule has 5 heteroatoms. The van der Waals surface area contributed by atoms with Crippen molar-refractivity contribution in [1.82, 2.24) is 0 Å². The van der Waals surface area contributed by atoms with Gasteiger partial charge in [0.05, 0.1) is 10.7 Å². The Morgan fingerprint density at radius 2 is 1.89 bits per heavy atom. The highest BCUT2D eigenvalue weighted by Crippen LogP contribution is 2.27. The second kappa shape index (κ2) is 5.20. The zero-order valence-corrected chi connectivity index (χ0v) is 11.0. The second-order valence-electron chi connectivity index (χ2n) is 4.19. The third kappa shape index (κ3) is 2.98. The van der Waals surface area contributed by atoms with Crippen LogP contribution in [-0.4, -0.2) is 11.0 Å². The number of anilines is 2. The number of carbonyl (C=O) groups excluding carboxylic acids is 1. The molecule has 19 heavy (non-hydrogen) atoms. The van der Waals surface area contributed by atoms with Gasteiger partial charge >= 0.3 is 0 Å². The van der Waals surface area contributed by atoms with E-state index in [-0.39, 0.29) is 11.7 Å². The second-order valence-corrected chi connectivity index (χ2v) is 4.60. The van der Waals surface area contributed by atoms with Crippen molar-refractivity contribution in [2.45, 2.75) is 6.92 Å². The van der Waals surface area contributed by atoms with E-state index in [1.54, 1.807) is 24.3 Å². The third-order valence-corrected chi connectivity index (χ3v) is 3.05. The van der Waals surface area contributed by atoms with Crippen LogP contribution < -0.4 is 11.1 Å². The lowest BCUT2D eigenvalue weighted by molar-refractivity contribution is 0.102. The number of phenols is 1. The monoisotopic (exact) mass is 276 g/mol. The van der Waals surface area contributed by atoms with E-state index in [4.69, 9.17) is 17.3 Å². The van der Waals surface area contributed by atoms with Gasteiger partial charge in [0, 0.05) is 11.3 Å². The van der Waals surface area contributed by atoms with Crippen molar-refractivity contribution in [2.24, 2.45) is 0 Å². The Hall–Kier alpha value is -2.20. The van der Waals surface area contributed by atoms with Crippen molar-refractivity contribution in [1.29, 1.82) is 0 Å². The van der Waals surface area contributed by atoms with Crippen LogP contribution in [0.5, 0.6) is 5.75 Å². The van der Waals surface area contributed by atoms with E-state index in [2.05, 4.69) is 5.32 Å². The molecule has 0 aliphatic heterocycles. The standard InChI is InChI=1S/C14H13ClN2O2/c1-8-6-12(16)11(15)7-13(8)17-14(19)9-2-4-10(18)5-3-9/h2-7,18H,16H2,1H3,(H,17,19). The largest absolute Gasteiger partial charge is 0.508 e. The van der Waals surface area contributed by atoms with Crippen LogP contribution in [0.2, 0.25) is 5.02 Å². The summed E-state index contributed by atoms with van der Waals surface area (Å²) < 4.78 is 0. The SMILES string of the molecule is Cc1cc(N)c(Cl)cc1NC(=O)c1ccc(O)cc1. The summed E-state index contributed by atoms with van der Waals surface area (Å²) in [5.41, 5.74) is 8.04. The molecule has 0 bridgehead atoms. The van der Waals surface area contributed by atoms with Crippen LogP contribution in [0.15, 0.2) is 36.4 Å². The molecule has 0 saturated heterocycles. The maximum absolute atomic E-state index is 12.0. The Bertz CT molecular complexity index is 624. The molecule has 0 unspecified atom stereocenters. The van der Waals surface area contributed by atoms with Gasteiger partial charge in [-0.3, -0.25) is 4.79 Å². The Morgan fingerprint density at radius 1 is 1.26 bits per heavy atom. The van der Waals surface area contributed by atoms with Crippen molar-refractivity contribution in [3.8, 4) is 5.75 Å². The Balaban J connectivity index is 2.24. The molecule has 2 aromatic rings. The number of hydrogen-bond donors (Lipinski definition) is 3. The molecule has 2 aromatic carbocycles.